The van der Waals surface area contributed by atoms with Gasteiger partial charge in [-0.05, 0) is 40.8 Å². The topological polar surface area (TPSA) is 108 Å². The fraction of sp³-hybridized carbons (Fsp3) is 0.333. The van der Waals surface area contributed by atoms with Crippen LogP contribution >= 0.6 is 22.6 Å². The van der Waals surface area contributed by atoms with Crippen molar-refractivity contribution in [3.63, 3.8) is 0 Å². The summed E-state index contributed by atoms with van der Waals surface area (Å²) >= 11 is 2.07. The minimum Gasteiger partial charge on any atom is -0.507 e. The number of morpholine rings is 1. The van der Waals surface area contributed by atoms with Crippen LogP contribution in [0.5, 0.6) is 5.75 Å². The van der Waals surface area contributed by atoms with Crippen molar-refractivity contribution in [1.29, 1.82) is 0 Å². The first kappa shape index (κ1) is 14.9. The summed E-state index contributed by atoms with van der Waals surface area (Å²) < 4.78 is 6.18. The van der Waals surface area contributed by atoms with Crippen LogP contribution in [0.1, 0.15) is 10.4 Å². The van der Waals surface area contributed by atoms with E-state index in [9.17, 15) is 9.90 Å². The van der Waals surface area contributed by atoms with Crippen LogP contribution in [0, 0.1) is 3.57 Å². The van der Waals surface area contributed by atoms with Crippen LogP contribution in [0.4, 0.5) is 0 Å². The van der Waals surface area contributed by atoms with Gasteiger partial charge in [0, 0.05) is 10.1 Å². The van der Waals surface area contributed by atoms with E-state index >= 15 is 0 Å². The number of halogens is 1. The Hall–Kier alpha value is -1.55. The lowest BCUT2D eigenvalue weighted by Gasteiger charge is -2.32. The van der Waals surface area contributed by atoms with Crippen molar-refractivity contribution in [3.05, 3.63) is 27.3 Å². The van der Waals surface area contributed by atoms with E-state index in [1.54, 1.807) is 12.1 Å². The molecule has 1 unspecified atom stereocenters. The Morgan fingerprint density at radius 1 is 1.55 bits per heavy atom. The molecule has 20 heavy (non-hydrogen) atoms. The number of ether oxygens (including phenoxy) is 1. The molecule has 1 aromatic rings. The smallest absolute Gasteiger partial charge is 0.257 e. The molecule has 1 saturated heterocycles. The number of nitrogens with zero attached hydrogens (tertiary/aromatic N) is 2. The van der Waals surface area contributed by atoms with Crippen LogP contribution in [0.3, 0.4) is 0 Å². The van der Waals surface area contributed by atoms with Crippen molar-refractivity contribution in [2.45, 2.75) is 6.10 Å². The first-order valence-electron chi connectivity index (χ1n) is 5.89. The van der Waals surface area contributed by atoms with Crippen molar-refractivity contribution in [2.24, 2.45) is 10.9 Å². The molecule has 0 bridgehead atoms. The predicted octanol–water partition coefficient (Wildman–Crippen LogP) is 0.584. The van der Waals surface area contributed by atoms with Gasteiger partial charge in [-0.3, -0.25) is 4.79 Å². The molecule has 0 radical (unpaired) electrons. The molecule has 7 nitrogen and oxygen atoms in total. The third-order valence-corrected chi connectivity index (χ3v) is 3.66. The summed E-state index contributed by atoms with van der Waals surface area (Å²) in [4.78, 5) is 13.9. The zero-order valence-corrected chi connectivity index (χ0v) is 12.6. The molecular weight excluding hydrogens is 377 g/mol. The van der Waals surface area contributed by atoms with Gasteiger partial charge in [-0.2, -0.15) is 0 Å². The van der Waals surface area contributed by atoms with E-state index in [0.29, 0.717) is 6.54 Å². The lowest BCUT2D eigenvalue weighted by molar-refractivity contribution is 0.00662. The standard InChI is InChI=1S/C12H14IN3O4/c13-7-1-2-9(17)8(5-7)12(18)16-3-4-20-10(6-16)11(14)15-19/h1-2,5,10,17,19H,3-4,6H2,(H2,14,15). The number of phenolic OH excluding ortho intramolecular Hbond substituents is 1. The fourth-order valence-electron chi connectivity index (χ4n) is 1.93. The molecular formula is C12H14IN3O4. The fourth-order valence-corrected chi connectivity index (χ4v) is 2.42. The second kappa shape index (κ2) is 6.27. The number of carbonyl (C=O) groups excluding carboxylic acids is 1. The minimum absolute atomic E-state index is 0.0674. The molecule has 2 rings (SSSR count). The highest BCUT2D eigenvalue weighted by Crippen LogP contribution is 2.22. The highest BCUT2D eigenvalue weighted by Gasteiger charge is 2.28. The van der Waals surface area contributed by atoms with Crippen LogP contribution in [-0.4, -0.2) is 52.8 Å². The molecule has 1 aliphatic rings. The van der Waals surface area contributed by atoms with Crippen LogP contribution in [0.25, 0.3) is 0 Å². The van der Waals surface area contributed by atoms with Gasteiger partial charge in [-0.1, -0.05) is 5.16 Å². The maximum atomic E-state index is 12.4. The van der Waals surface area contributed by atoms with Crippen molar-refractivity contribution >= 4 is 34.3 Å². The lowest BCUT2D eigenvalue weighted by atomic mass is 10.1. The van der Waals surface area contributed by atoms with Crippen molar-refractivity contribution in [3.8, 4) is 5.75 Å². The number of oxime groups is 1. The van der Waals surface area contributed by atoms with E-state index in [1.165, 1.54) is 11.0 Å². The average Bonchev–Trinajstić information content (AvgIpc) is 2.48. The molecule has 4 N–H and O–H groups in total. The Labute approximate surface area is 129 Å². The monoisotopic (exact) mass is 391 g/mol. The number of hydrogen-bond acceptors (Lipinski definition) is 5. The summed E-state index contributed by atoms with van der Waals surface area (Å²) in [5.41, 5.74) is 5.72. The normalized spacial score (nSPS) is 19.9. The van der Waals surface area contributed by atoms with Gasteiger partial charge >= 0.3 is 0 Å². The Balaban J connectivity index is 2.18. The van der Waals surface area contributed by atoms with Gasteiger partial charge in [0.15, 0.2) is 5.84 Å². The molecule has 0 spiro atoms. The van der Waals surface area contributed by atoms with E-state index in [1.807, 2.05) is 0 Å². The van der Waals surface area contributed by atoms with Crippen LogP contribution < -0.4 is 5.73 Å². The summed E-state index contributed by atoms with van der Waals surface area (Å²) in [5.74, 6) is -0.448. The van der Waals surface area contributed by atoms with Crippen molar-refractivity contribution in [2.75, 3.05) is 19.7 Å². The predicted molar refractivity (Wildman–Crippen MR) is 79.9 cm³/mol. The quantitative estimate of drug-likeness (QED) is 0.225. The Kier molecular flexibility index (Phi) is 4.65. The van der Waals surface area contributed by atoms with Gasteiger partial charge in [0.25, 0.3) is 5.91 Å². The molecule has 1 atom stereocenters. The van der Waals surface area contributed by atoms with Crippen LogP contribution in [0.2, 0.25) is 0 Å². The molecule has 8 heteroatoms. The van der Waals surface area contributed by atoms with E-state index in [4.69, 9.17) is 15.7 Å². The zero-order chi connectivity index (χ0) is 14.7. The number of carbonyl (C=O) groups is 1. The Morgan fingerprint density at radius 2 is 2.30 bits per heavy atom. The zero-order valence-electron chi connectivity index (χ0n) is 10.5. The number of aromatic hydroxyl groups is 1. The van der Waals surface area contributed by atoms with E-state index in [2.05, 4.69) is 27.7 Å². The van der Waals surface area contributed by atoms with Gasteiger partial charge in [-0.15, -0.1) is 0 Å². The average molecular weight is 391 g/mol. The number of amidine groups is 1. The number of hydrogen-bond donors (Lipinski definition) is 3. The SMILES string of the molecule is N/C(=N/O)C1CN(C(=O)c2cc(I)ccc2O)CCO1. The molecule has 1 aliphatic heterocycles. The summed E-state index contributed by atoms with van der Waals surface area (Å²) in [7, 11) is 0. The maximum absolute atomic E-state index is 12.4. The van der Waals surface area contributed by atoms with Gasteiger partial charge in [-0.25, -0.2) is 0 Å². The number of benzene rings is 1. The molecule has 0 aromatic heterocycles. The van der Waals surface area contributed by atoms with Gasteiger partial charge in [0.1, 0.15) is 11.9 Å². The molecule has 1 amide bonds. The number of nitrogens with two attached hydrogens (primary N) is 1. The summed E-state index contributed by atoms with van der Waals surface area (Å²) in [6.45, 7) is 0.857. The largest absolute Gasteiger partial charge is 0.507 e. The number of amides is 1. The molecule has 0 aliphatic carbocycles. The third kappa shape index (κ3) is 3.12. The second-order valence-electron chi connectivity index (χ2n) is 4.30. The van der Waals surface area contributed by atoms with E-state index in [-0.39, 0.29) is 36.2 Å². The lowest BCUT2D eigenvalue weighted by Crippen LogP contribution is -2.50. The van der Waals surface area contributed by atoms with Crippen molar-refractivity contribution in [1.82, 2.24) is 4.90 Å². The summed E-state index contributed by atoms with van der Waals surface area (Å²) in [6, 6.07) is 4.81. The Bertz CT molecular complexity index is 550. The second-order valence-corrected chi connectivity index (χ2v) is 5.54. The van der Waals surface area contributed by atoms with E-state index < -0.39 is 6.10 Å². The van der Waals surface area contributed by atoms with Gasteiger partial charge in [0.2, 0.25) is 0 Å². The van der Waals surface area contributed by atoms with Crippen LogP contribution in [-0.2, 0) is 4.74 Å². The molecule has 1 heterocycles. The first-order valence-corrected chi connectivity index (χ1v) is 6.97. The molecule has 108 valence electrons. The molecule has 1 fully saturated rings. The number of phenols is 1. The highest BCUT2D eigenvalue weighted by atomic mass is 127. The molecule has 1 aromatic carbocycles. The van der Waals surface area contributed by atoms with Gasteiger partial charge in [0.05, 0.1) is 18.7 Å². The number of rotatable bonds is 2. The summed E-state index contributed by atoms with van der Waals surface area (Å²) in [6.07, 6.45) is -0.636. The first-order chi connectivity index (χ1) is 9.52. The van der Waals surface area contributed by atoms with Crippen LogP contribution in [0.15, 0.2) is 23.4 Å². The van der Waals surface area contributed by atoms with Gasteiger partial charge < -0.3 is 25.7 Å². The minimum atomic E-state index is -0.636. The van der Waals surface area contributed by atoms with E-state index in [0.717, 1.165) is 3.57 Å². The third-order valence-electron chi connectivity index (χ3n) is 2.99. The molecule has 0 saturated carbocycles. The van der Waals surface area contributed by atoms with Crippen molar-refractivity contribution < 1.29 is 19.8 Å². The maximum Gasteiger partial charge on any atom is 0.257 e. The summed E-state index contributed by atoms with van der Waals surface area (Å²) in [5, 5.41) is 21.3. The highest BCUT2D eigenvalue weighted by molar-refractivity contribution is 14.1. The Morgan fingerprint density at radius 3 is 3.00 bits per heavy atom.